The SMILES string of the molecule is CNC(=O)CCN(C)CC(=O)Nc1ccc(N)cc1OC. The summed E-state index contributed by atoms with van der Waals surface area (Å²) in [5.41, 5.74) is 6.79. The number of rotatable bonds is 7. The summed E-state index contributed by atoms with van der Waals surface area (Å²) >= 11 is 0. The lowest BCUT2D eigenvalue weighted by Gasteiger charge is -2.16. The maximum Gasteiger partial charge on any atom is 0.238 e. The fourth-order valence-corrected chi connectivity index (χ4v) is 1.74. The second-order valence-corrected chi connectivity index (χ2v) is 4.67. The summed E-state index contributed by atoms with van der Waals surface area (Å²) in [5.74, 6) is 0.274. The first-order valence-corrected chi connectivity index (χ1v) is 6.58. The molecule has 21 heavy (non-hydrogen) atoms. The molecule has 2 amide bonds. The Morgan fingerprint density at radius 3 is 2.67 bits per heavy atom. The molecule has 0 heterocycles. The summed E-state index contributed by atoms with van der Waals surface area (Å²) in [7, 11) is 4.88. The Hall–Kier alpha value is -2.28. The zero-order valence-electron chi connectivity index (χ0n) is 12.6. The molecule has 0 radical (unpaired) electrons. The molecule has 0 unspecified atom stereocenters. The molecule has 0 aliphatic heterocycles. The fraction of sp³-hybridized carbons (Fsp3) is 0.429. The van der Waals surface area contributed by atoms with Gasteiger partial charge in [-0.2, -0.15) is 0 Å². The van der Waals surface area contributed by atoms with Gasteiger partial charge in [0.15, 0.2) is 0 Å². The molecule has 1 aromatic carbocycles. The average Bonchev–Trinajstić information content (AvgIpc) is 2.46. The summed E-state index contributed by atoms with van der Waals surface area (Å²) in [6, 6.07) is 5.02. The summed E-state index contributed by atoms with van der Waals surface area (Å²) in [6.45, 7) is 0.691. The van der Waals surface area contributed by atoms with E-state index in [-0.39, 0.29) is 18.4 Å². The van der Waals surface area contributed by atoms with Gasteiger partial charge < -0.3 is 21.1 Å². The number of likely N-dealkylation sites (N-methyl/N-ethyl adjacent to an activating group) is 1. The lowest BCUT2D eigenvalue weighted by atomic mass is 10.2. The van der Waals surface area contributed by atoms with Crippen molar-refractivity contribution in [3.63, 3.8) is 0 Å². The van der Waals surface area contributed by atoms with Crippen molar-refractivity contribution in [3.8, 4) is 5.75 Å². The van der Waals surface area contributed by atoms with Crippen LogP contribution in [0, 0.1) is 0 Å². The molecule has 0 saturated heterocycles. The molecule has 116 valence electrons. The van der Waals surface area contributed by atoms with Crippen LogP contribution in [0.25, 0.3) is 0 Å². The van der Waals surface area contributed by atoms with Gasteiger partial charge in [0.25, 0.3) is 0 Å². The summed E-state index contributed by atoms with van der Waals surface area (Å²) in [5, 5.41) is 5.30. The normalized spacial score (nSPS) is 10.3. The van der Waals surface area contributed by atoms with Gasteiger partial charge in [-0.1, -0.05) is 0 Å². The number of nitrogens with one attached hydrogen (secondary N) is 2. The summed E-state index contributed by atoms with van der Waals surface area (Å²) in [4.78, 5) is 24.9. The first-order chi connectivity index (χ1) is 9.96. The van der Waals surface area contributed by atoms with Crippen molar-refractivity contribution in [2.75, 3.05) is 45.3 Å². The molecule has 1 rings (SSSR count). The highest BCUT2D eigenvalue weighted by atomic mass is 16.5. The smallest absolute Gasteiger partial charge is 0.238 e. The van der Waals surface area contributed by atoms with E-state index in [1.807, 2.05) is 0 Å². The monoisotopic (exact) mass is 294 g/mol. The van der Waals surface area contributed by atoms with Gasteiger partial charge in [0.1, 0.15) is 5.75 Å². The number of hydrogen-bond acceptors (Lipinski definition) is 5. The zero-order chi connectivity index (χ0) is 15.8. The van der Waals surface area contributed by atoms with E-state index in [0.717, 1.165) is 0 Å². The number of methoxy groups -OCH3 is 1. The first kappa shape index (κ1) is 16.8. The molecule has 4 N–H and O–H groups in total. The van der Waals surface area contributed by atoms with Gasteiger partial charge >= 0.3 is 0 Å². The third-order valence-corrected chi connectivity index (χ3v) is 2.91. The van der Waals surface area contributed by atoms with Crippen molar-refractivity contribution in [2.45, 2.75) is 6.42 Å². The molecule has 0 atom stereocenters. The zero-order valence-corrected chi connectivity index (χ0v) is 12.6. The number of anilines is 2. The lowest BCUT2D eigenvalue weighted by molar-refractivity contribution is -0.122. The highest BCUT2D eigenvalue weighted by molar-refractivity contribution is 5.94. The predicted molar refractivity (Wildman–Crippen MR) is 82.2 cm³/mol. The maximum atomic E-state index is 12.0. The van der Waals surface area contributed by atoms with Crippen LogP contribution in [0.3, 0.4) is 0 Å². The number of amides is 2. The Morgan fingerprint density at radius 1 is 1.33 bits per heavy atom. The number of nitrogens with zero attached hydrogens (tertiary/aromatic N) is 1. The number of carbonyl (C=O) groups excluding carboxylic acids is 2. The van der Waals surface area contributed by atoms with Crippen LogP contribution in [0.15, 0.2) is 18.2 Å². The number of ether oxygens (including phenoxy) is 1. The molecule has 0 aromatic heterocycles. The molecule has 0 fully saturated rings. The minimum absolute atomic E-state index is 0.0533. The van der Waals surface area contributed by atoms with Gasteiger partial charge in [-0.3, -0.25) is 14.5 Å². The maximum absolute atomic E-state index is 12.0. The van der Waals surface area contributed by atoms with Crippen LogP contribution in [0.2, 0.25) is 0 Å². The average molecular weight is 294 g/mol. The number of benzene rings is 1. The molecule has 0 aliphatic carbocycles. The van der Waals surface area contributed by atoms with E-state index >= 15 is 0 Å². The minimum atomic E-state index is -0.183. The van der Waals surface area contributed by atoms with E-state index in [1.54, 1.807) is 37.2 Å². The van der Waals surface area contributed by atoms with Crippen LogP contribution in [-0.4, -0.2) is 51.0 Å². The van der Waals surface area contributed by atoms with E-state index in [4.69, 9.17) is 10.5 Å². The van der Waals surface area contributed by atoms with E-state index in [9.17, 15) is 9.59 Å². The molecule has 0 saturated carbocycles. The molecular weight excluding hydrogens is 272 g/mol. The van der Waals surface area contributed by atoms with Crippen LogP contribution in [-0.2, 0) is 9.59 Å². The number of hydrogen-bond donors (Lipinski definition) is 3. The van der Waals surface area contributed by atoms with Gasteiger partial charge in [-0.15, -0.1) is 0 Å². The largest absolute Gasteiger partial charge is 0.494 e. The van der Waals surface area contributed by atoms with E-state index in [1.165, 1.54) is 7.11 Å². The molecule has 0 aliphatic rings. The highest BCUT2D eigenvalue weighted by Crippen LogP contribution is 2.26. The third-order valence-electron chi connectivity index (χ3n) is 2.91. The van der Waals surface area contributed by atoms with Crippen molar-refractivity contribution < 1.29 is 14.3 Å². The van der Waals surface area contributed by atoms with Crippen molar-refractivity contribution in [1.82, 2.24) is 10.2 Å². The molecule has 7 heteroatoms. The van der Waals surface area contributed by atoms with Crippen molar-refractivity contribution >= 4 is 23.2 Å². The van der Waals surface area contributed by atoms with Crippen LogP contribution in [0.5, 0.6) is 5.75 Å². The Morgan fingerprint density at radius 2 is 2.05 bits per heavy atom. The Balaban J connectivity index is 2.52. The van der Waals surface area contributed by atoms with Gasteiger partial charge in [0.05, 0.1) is 19.3 Å². The Labute approximate surface area is 124 Å². The van der Waals surface area contributed by atoms with Gasteiger partial charge in [0, 0.05) is 31.8 Å². The minimum Gasteiger partial charge on any atom is -0.494 e. The standard InChI is InChI=1S/C14H22N4O3/c1-16-13(19)6-7-18(2)9-14(20)17-11-5-4-10(15)8-12(11)21-3/h4-5,8H,6-7,9,15H2,1-3H3,(H,16,19)(H,17,20). The Kier molecular flexibility index (Phi) is 6.48. The quantitative estimate of drug-likeness (QED) is 0.628. The number of carbonyl (C=O) groups is 2. The molecule has 0 spiro atoms. The predicted octanol–water partition coefficient (Wildman–Crippen LogP) is 0.284. The second-order valence-electron chi connectivity index (χ2n) is 4.67. The van der Waals surface area contributed by atoms with Gasteiger partial charge in [-0.25, -0.2) is 0 Å². The second kappa shape index (κ2) is 8.11. The van der Waals surface area contributed by atoms with Gasteiger partial charge in [-0.05, 0) is 19.2 Å². The van der Waals surface area contributed by atoms with E-state index in [0.29, 0.717) is 30.1 Å². The van der Waals surface area contributed by atoms with Crippen LogP contribution in [0.4, 0.5) is 11.4 Å². The Bertz CT molecular complexity index is 505. The topological polar surface area (TPSA) is 96.7 Å². The van der Waals surface area contributed by atoms with E-state index in [2.05, 4.69) is 10.6 Å². The lowest BCUT2D eigenvalue weighted by Crippen LogP contribution is -2.33. The van der Waals surface area contributed by atoms with Gasteiger partial charge in [0.2, 0.25) is 11.8 Å². The molecule has 0 bridgehead atoms. The van der Waals surface area contributed by atoms with Crippen molar-refractivity contribution in [3.05, 3.63) is 18.2 Å². The van der Waals surface area contributed by atoms with Crippen LogP contribution >= 0.6 is 0 Å². The van der Waals surface area contributed by atoms with Crippen LogP contribution in [0.1, 0.15) is 6.42 Å². The molecular formula is C14H22N4O3. The summed E-state index contributed by atoms with van der Waals surface area (Å²) in [6.07, 6.45) is 0.353. The first-order valence-electron chi connectivity index (χ1n) is 6.58. The van der Waals surface area contributed by atoms with E-state index < -0.39 is 0 Å². The van der Waals surface area contributed by atoms with Crippen LogP contribution < -0.4 is 21.1 Å². The third kappa shape index (κ3) is 5.70. The number of nitrogens with two attached hydrogens (primary N) is 1. The number of nitrogen functional groups attached to an aromatic ring is 1. The van der Waals surface area contributed by atoms with Crippen molar-refractivity contribution in [1.29, 1.82) is 0 Å². The molecule has 1 aromatic rings. The fourth-order valence-electron chi connectivity index (χ4n) is 1.74. The summed E-state index contributed by atoms with van der Waals surface area (Å²) < 4.78 is 5.16. The highest BCUT2D eigenvalue weighted by Gasteiger charge is 2.11. The van der Waals surface area contributed by atoms with Crippen molar-refractivity contribution in [2.24, 2.45) is 0 Å². The molecule has 7 nitrogen and oxygen atoms in total.